The highest BCUT2D eigenvalue weighted by atomic mass is 79.9. The van der Waals surface area contributed by atoms with Crippen LogP contribution in [0.1, 0.15) is 62.0 Å². The summed E-state index contributed by atoms with van der Waals surface area (Å²) in [5, 5.41) is 13.7. The zero-order valence-corrected chi connectivity index (χ0v) is 23.4. The summed E-state index contributed by atoms with van der Waals surface area (Å²) in [5.41, 5.74) is 1.02. The second-order valence-electron chi connectivity index (χ2n) is 10.6. The van der Waals surface area contributed by atoms with Crippen molar-refractivity contribution < 1.29 is 9.84 Å². The molecule has 1 N–H and O–H groups in total. The molecule has 0 aliphatic heterocycles. The zero-order valence-electron chi connectivity index (χ0n) is 21.8. The number of hydrogen-bond acceptors (Lipinski definition) is 5. The molecule has 3 aromatic rings. The summed E-state index contributed by atoms with van der Waals surface area (Å²) in [6.45, 7) is 0.682. The molecule has 1 fully saturated rings. The number of aliphatic hydroxyl groups is 1. The first-order valence-corrected chi connectivity index (χ1v) is 13.7. The van der Waals surface area contributed by atoms with E-state index in [0.29, 0.717) is 30.3 Å². The van der Waals surface area contributed by atoms with Gasteiger partial charge >= 0.3 is 0 Å². The molecule has 1 aromatic carbocycles. The minimum atomic E-state index is -1.26. The van der Waals surface area contributed by atoms with Crippen molar-refractivity contribution >= 4 is 26.8 Å². The van der Waals surface area contributed by atoms with Gasteiger partial charge in [-0.1, -0.05) is 48.0 Å². The average Bonchev–Trinajstić information content (AvgIpc) is 2.87. The molecule has 0 spiro atoms. The largest absolute Gasteiger partial charge is 0.481 e. The molecule has 2 atom stereocenters. The Labute approximate surface area is 222 Å². The number of nitrogens with zero attached hydrogens (tertiary/aromatic N) is 3. The van der Waals surface area contributed by atoms with Gasteiger partial charge in [0.15, 0.2) is 0 Å². The second-order valence-corrected chi connectivity index (χ2v) is 11.5. The van der Waals surface area contributed by atoms with Crippen LogP contribution in [0.2, 0.25) is 0 Å². The summed E-state index contributed by atoms with van der Waals surface area (Å²) < 4.78 is 8.36. The summed E-state index contributed by atoms with van der Waals surface area (Å²) in [6, 6.07) is 11.6. The molecule has 1 aliphatic rings. The Bertz CT molecular complexity index is 1250. The topological polar surface area (TPSA) is 67.6 Å². The summed E-state index contributed by atoms with van der Waals surface area (Å²) in [5.74, 6) is 0.764. The van der Waals surface area contributed by atoms with Gasteiger partial charge in [-0.25, -0.2) is 4.98 Å². The van der Waals surface area contributed by atoms with Crippen LogP contribution in [-0.4, -0.2) is 47.3 Å². The Balaban J connectivity index is 1.92. The highest BCUT2D eigenvalue weighted by Crippen LogP contribution is 2.48. The molecule has 0 saturated heterocycles. The molecule has 2 unspecified atom stereocenters. The fourth-order valence-electron chi connectivity index (χ4n) is 5.63. The normalized spacial score (nSPS) is 17.3. The Kier molecular flexibility index (Phi) is 8.53. The zero-order chi connectivity index (χ0) is 25.9. The van der Waals surface area contributed by atoms with Gasteiger partial charge in [-0.05, 0) is 68.8 Å². The molecule has 6 nitrogen and oxygen atoms in total. The smallest absolute Gasteiger partial charge is 0.250 e. The summed E-state index contributed by atoms with van der Waals surface area (Å²) in [6.07, 6.45) is 9.09. The van der Waals surface area contributed by atoms with Gasteiger partial charge in [0.2, 0.25) is 5.88 Å². The number of ether oxygens (including phenoxy) is 1. The Morgan fingerprint density at radius 3 is 2.61 bits per heavy atom. The van der Waals surface area contributed by atoms with Crippen molar-refractivity contribution in [2.45, 2.75) is 56.5 Å². The molecule has 0 amide bonds. The van der Waals surface area contributed by atoms with Crippen LogP contribution in [0.5, 0.6) is 5.88 Å². The van der Waals surface area contributed by atoms with E-state index in [1.165, 1.54) is 19.3 Å². The third kappa shape index (κ3) is 5.84. The van der Waals surface area contributed by atoms with Crippen molar-refractivity contribution in [3.63, 3.8) is 0 Å². The lowest BCUT2D eigenvalue weighted by molar-refractivity contribution is -0.0170. The lowest BCUT2D eigenvalue weighted by Crippen LogP contribution is -2.39. The van der Waals surface area contributed by atoms with E-state index in [9.17, 15) is 9.90 Å². The third-order valence-corrected chi connectivity index (χ3v) is 8.25. The fourth-order valence-corrected chi connectivity index (χ4v) is 6.00. The first kappa shape index (κ1) is 26.8. The number of pyridine rings is 2. The van der Waals surface area contributed by atoms with Gasteiger partial charge in [-0.2, -0.15) is 0 Å². The van der Waals surface area contributed by atoms with Gasteiger partial charge < -0.3 is 19.3 Å². The van der Waals surface area contributed by atoms with Crippen molar-refractivity contribution in [1.82, 2.24) is 14.5 Å². The Morgan fingerprint density at radius 1 is 1.19 bits per heavy atom. The molecule has 194 valence electrons. The molecule has 1 aliphatic carbocycles. The summed E-state index contributed by atoms with van der Waals surface area (Å²) >= 11 is 3.59. The average molecular weight is 557 g/mol. The number of fused-ring (bicyclic) bond motifs is 1. The number of halogens is 1. The van der Waals surface area contributed by atoms with E-state index in [0.717, 1.165) is 40.2 Å². The van der Waals surface area contributed by atoms with Crippen molar-refractivity contribution in [3.8, 4) is 5.88 Å². The lowest BCUT2D eigenvalue weighted by atomic mass is 9.69. The van der Waals surface area contributed by atoms with E-state index in [1.54, 1.807) is 31.0 Å². The van der Waals surface area contributed by atoms with Crippen LogP contribution < -0.4 is 10.3 Å². The molecular weight excluding hydrogens is 518 g/mol. The van der Waals surface area contributed by atoms with Crippen molar-refractivity contribution in [1.29, 1.82) is 0 Å². The first-order valence-electron chi connectivity index (χ1n) is 12.9. The number of benzene rings is 1. The van der Waals surface area contributed by atoms with Crippen LogP contribution in [0.15, 0.2) is 51.9 Å². The van der Waals surface area contributed by atoms with Crippen LogP contribution in [-0.2, 0) is 12.6 Å². The van der Waals surface area contributed by atoms with Crippen molar-refractivity contribution in [2.75, 3.05) is 27.7 Å². The molecule has 4 rings (SSSR count). The van der Waals surface area contributed by atoms with Gasteiger partial charge in [-0.3, -0.25) is 4.79 Å². The first-order chi connectivity index (χ1) is 17.2. The number of aryl methyl sites for hydroxylation is 1. The third-order valence-electron chi connectivity index (χ3n) is 7.75. The number of methoxy groups -OCH3 is 1. The van der Waals surface area contributed by atoms with E-state index < -0.39 is 5.60 Å². The van der Waals surface area contributed by atoms with E-state index >= 15 is 0 Å². The number of aromatic nitrogens is 2. The van der Waals surface area contributed by atoms with E-state index in [4.69, 9.17) is 9.72 Å². The van der Waals surface area contributed by atoms with E-state index in [2.05, 4.69) is 33.0 Å². The molecular formula is C29H38BrN3O3. The molecule has 0 bridgehead atoms. The maximum atomic E-state index is 12.7. The van der Waals surface area contributed by atoms with Crippen LogP contribution in [0.25, 0.3) is 10.9 Å². The van der Waals surface area contributed by atoms with Gasteiger partial charge in [0.05, 0.1) is 18.2 Å². The molecule has 1 saturated carbocycles. The summed E-state index contributed by atoms with van der Waals surface area (Å²) in [7, 11) is 7.40. The van der Waals surface area contributed by atoms with E-state index in [1.807, 2.05) is 32.3 Å². The van der Waals surface area contributed by atoms with Crippen molar-refractivity contribution in [2.24, 2.45) is 13.0 Å². The summed E-state index contributed by atoms with van der Waals surface area (Å²) in [4.78, 5) is 19.6. The number of rotatable bonds is 9. The van der Waals surface area contributed by atoms with Crippen LogP contribution >= 0.6 is 15.9 Å². The van der Waals surface area contributed by atoms with Gasteiger partial charge in [0, 0.05) is 47.2 Å². The Hall–Kier alpha value is -2.22. The van der Waals surface area contributed by atoms with E-state index in [-0.39, 0.29) is 11.5 Å². The predicted octanol–water partition coefficient (Wildman–Crippen LogP) is 5.60. The minimum Gasteiger partial charge on any atom is -0.481 e. The molecule has 36 heavy (non-hydrogen) atoms. The minimum absolute atomic E-state index is 0.125. The quantitative estimate of drug-likeness (QED) is 0.372. The van der Waals surface area contributed by atoms with Crippen LogP contribution in [0.4, 0.5) is 0 Å². The maximum Gasteiger partial charge on any atom is 0.250 e. The maximum absolute atomic E-state index is 12.7. The fraction of sp³-hybridized carbons (Fsp3) is 0.517. The molecule has 2 heterocycles. The van der Waals surface area contributed by atoms with Gasteiger partial charge in [-0.15, -0.1) is 0 Å². The lowest BCUT2D eigenvalue weighted by Gasteiger charge is -2.40. The molecule has 2 aromatic heterocycles. The number of hydrogen-bond donors (Lipinski definition) is 1. The molecule has 0 radical (unpaired) electrons. The van der Waals surface area contributed by atoms with Gasteiger partial charge in [0.1, 0.15) is 0 Å². The monoisotopic (exact) mass is 555 g/mol. The highest BCUT2D eigenvalue weighted by molar-refractivity contribution is 9.10. The Morgan fingerprint density at radius 2 is 1.94 bits per heavy atom. The second kappa shape index (κ2) is 11.4. The van der Waals surface area contributed by atoms with Crippen molar-refractivity contribution in [3.05, 3.63) is 68.5 Å². The standard InChI is InChI=1S/C29H38BrN3O3/c1-32(2)15-13-29(35,22-12-14-33(3)27(34)19-22)25(16-20-8-6-5-7-9-20)24-18-21-17-23(30)10-11-26(21)31-28(24)36-4/h10-12,14,17-20,25,35H,5-9,13,15-16H2,1-4H3. The van der Waals surface area contributed by atoms with Gasteiger partial charge in [0.25, 0.3) is 5.56 Å². The SMILES string of the molecule is COc1nc2ccc(Br)cc2cc1C(CC1CCCCC1)C(O)(CCN(C)C)c1ccn(C)c(=O)c1. The van der Waals surface area contributed by atoms with Crippen LogP contribution in [0, 0.1) is 5.92 Å². The molecule has 7 heteroatoms. The predicted molar refractivity (Wildman–Crippen MR) is 149 cm³/mol. The highest BCUT2D eigenvalue weighted by Gasteiger charge is 2.42. The van der Waals surface area contributed by atoms with Crippen LogP contribution in [0.3, 0.4) is 0 Å².